The molecule has 1 saturated heterocycles. The fourth-order valence-corrected chi connectivity index (χ4v) is 3.91. The van der Waals surface area contributed by atoms with Crippen molar-refractivity contribution in [2.45, 2.75) is 33.0 Å². The van der Waals surface area contributed by atoms with E-state index in [1.54, 1.807) is 37.3 Å². The molecule has 0 N–H and O–H groups in total. The summed E-state index contributed by atoms with van der Waals surface area (Å²) in [6.07, 6.45) is 1.85. The maximum absolute atomic E-state index is 12.7. The number of imide groups is 1. The average molecular weight is 501 g/mol. The van der Waals surface area contributed by atoms with Crippen molar-refractivity contribution in [1.82, 2.24) is 4.90 Å². The first-order valence-electron chi connectivity index (χ1n) is 10.7. The van der Waals surface area contributed by atoms with E-state index in [1.165, 1.54) is 25.3 Å². The second kappa shape index (κ2) is 11.5. The van der Waals surface area contributed by atoms with Crippen LogP contribution < -0.4 is 9.47 Å². The van der Waals surface area contributed by atoms with Gasteiger partial charge in [0.05, 0.1) is 23.0 Å². The van der Waals surface area contributed by atoms with Crippen LogP contribution in [0.4, 0.5) is 10.5 Å². The van der Waals surface area contributed by atoms with Crippen molar-refractivity contribution in [3.05, 3.63) is 68.6 Å². The largest absolute Gasteiger partial charge is 0.493 e. The SMILES string of the molecule is CC[C@H](C)OC(=O)CN1C(=O)S/C(=C/c2ccc(OCc3cccc([N+](=O)[O-])c3)c(OC)c2)C1=O. The molecule has 2 amide bonds. The Labute approximate surface area is 206 Å². The predicted molar refractivity (Wildman–Crippen MR) is 129 cm³/mol. The zero-order chi connectivity index (χ0) is 25.5. The monoisotopic (exact) mass is 500 g/mol. The molecule has 1 heterocycles. The molecule has 0 unspecified atom stereocenters. The predicted octanol–water partition coefficient (Wildman–Crippen LogP) is 4.56. The van der Waals surface area contributed by atoms with E-state index < -0.39 is 28.6 Å². The molecule has 1 aliphatic heterocycles. The summed E-state index contributed by atoms with van der Waals surface area (Å²) in [5.41, 5.74) is 1.17. The summed E-state index contributed by atoms with van der Waals surface area (Å²) in [4.78, 5) is 48.4. The molecule has 0 saturated carbocycles. The summed E-state index contributed by atoms with van der Waals surface area (Å²) in [6.45, 7) is 3.23. The first kappa shape index (κ1) is 25.8. The number of thioether (sulfide) groups is 1. The summed E-state index contributed by atoms with van der Waals surface area (Å²) in [7, 11) is 1.45. The van der Waals surface area contributed by atoms with Gasteiger partial charge in [-0.25, -0.2) is 0 Å². The third kappa shape index (κ3) is 6.60. The zero-order valence-corrected chi connectivity index (χ0v) is 20.2. The number of nitro benzene ring substituents is 1. The molecule has 0 aromatic heterocycles. The van der Waals surface area contributed by atoms with Crippen LogP contribution >= 0.6 is 11.8 Å². The minimum absolute atomic E-state index is 0.0319. The number of esters is 1. The Kier molecular flexibility index (Phi) is 8.48. The molecule has 1 atom stereocenters. The first-order chi connectivity index (χ1) is 16.7. The maximum Gasteiger partial charge on any atom is 0.326 e. The number of amides is 2. The lowest BCUT2D eigenvalue weighted by atomic mass is 10.1. The second-order valence-corrected chi connectivity index (χ2v) is 8.60. The lowest BCUT2D eigenvalue weighted by Gasteiger charge is -2.14. The van der Waals surface area contributed by atoms with Crippen molar-refractivity contribution in [1.29, 1.82) is 0 Å². The van der Waals surface area contributed by atoms with E-state index >= 15 is 0 Å². The van der Waals surface area contributed by atoms with Crippen LogP contribution in [-0.4, -0.2) is 46.7 Å². The Morgan fingerprint density at radius 2 is 1.97 bits per heavy atom. The van der Waals surface area contributed by atoms with E-state index in [2.05, 4.69) is 0 Å². The molecule has 0 bridgehead atoms. The molecule has 0 spiro atoms. The number of hydrogen-bond donors (Lipinski definition) is 0. The van der Waals surface area contributed by atoms with E-state index in [9.17, 15) is 24.5 Å². The summed E-state index contributed by atoms with van der Waals surface area (Å²) < 4.78 is 16.3. The lowest BCUT2D eigenvalue weighted by Crippen LogP contribution is -2.35. The molecule has 35 heavy (non-hydrogen) atoms. The van der Waals surface area contributed by atoms with Crippen molar-refractivity contribution in [2.24, 2.45) is 0 Å². The van der Waals surface area contributed by atoms with Gasteiger partial charge in [0.2, 0.25) is 0 Å². The number of non-ortho nitro benzene ring substituents is 1. The van der Waals surface area contributed by atoms with Crippen LogP contribution in [0.25, 0.3) is 6.08 Å². The number of methoxy groups -OCH3 is 1. The molecule has 3 rings (SSSR count). The summed E-state index contributed by atoms with van der Waals surface area (Å²) in [5.74, 6) is -0.446. The normalized spacial score (nSPS) is 15.3. The smallest absolute Gasteiger partial charge is 0.326 e. The molecular formula is C24H24N2O8S. The number of carbonyl (C=O) groups is 3. The Bertz CT molecular complexity index is 1180. The Hall–Kier alpha value is -3.86. The van der Waals surface area contributed by atoms with Crippen LogP contribution in [0.3, 0.4) is 0 Å². The highest BCUT2D eigenvalue weighted by Crippen LogP contribution is 2.35. The lowest BCUT2D eigenvalue weighted by molar-refractivity contribution is -0.384. The molecule has 184 valence electrons. The van der Waals surface area contributed by atoms with E-state index in [1.807, 2.05) is 6.92 Å². The average Bonchev–Trinajstić information content (AvgIpc) is 3.10. The third-order valence-electron chi connectivity index (χ3n) is 5.07. The molecule has 0 radical (unpaired) electrons. The second-order valence-electron chi connectivity index (χ2n) is 7.60. The highest BCUT2D eigenvalue weighted by atomic mass is 32.2. The van der Waals surface area contributed by atoms with Crippen LogP contribution in [0, 0.1) is 10.1 Å². The number of ether oxygens (including phenoxy) is 3. The highest BCUT2D eigenvalue weighted by molar-refractivity contribution is 8.18. The van der Waals surface area contributed by atoms with Gasteiger partial charge < -0.3 is 14.2 Å². The fraction of sp³-hybridized carbons (Fsp3) is 0.292. The number of benzene rings is 2. The number of nitrogens with zero attached hydrogens (tertiary/aromatic N) is 2. The summed E-state index contributed by atoms with van der Waals surface area (Å²) >= 11 is 0.736. The van der Waals surface area contributed by atoms with Gasteiger partial charge in [0.15, 0.2) is 11.5 Å². The topological polar surface area (TPSA) is 125 Å². The molecule has 0 aliphatic carbocycles. The zero-order valence-electron chi connectivity index (χ0n) is 19.4. The number of hydrogen-bond acceptors (Lipinski definition) is 9. The van der Waals surface area contributed by atoms with Crippen molar-refractivity contribution >= 4 is 40.6 Å². The molecular weight excluding hydrogens is 476 g/mol. The van der Waals surface area contributed by atoms with E-state index in [4.69, 9.17) is 14.2 Å². The van der Waals surface area contributed by atoms with Crippen LogP contribution in [0.5, 0.6) is 11.5 Å². The van der Waals surface area contributed by atoms with Crippen molar-refractivity contribution in [3.63, 3.8) is 0 Å². The van der Waals surface area contributed by atoms with E-state index in [-0.39, 0.29) is 23.3 Å². The molecule has 11 heteroatoms. The quantitative estimate of drug-likeness (QED) is 0.200. The van der Waals surface area contributed by atoms with Crippen LogP contribution in [0.15, 0.2) is 47.4 Å². The van der Waals surface area contributed by atoms with Crippen molar-refractivity contribution in [2.75, 3.05) is 13.7 Å². The van der Waals surface area contributed by atoms with Crippen LogP contribution in [-0.2, 0) is 20.9 Å². The van der Waals surface area contributed by atoms with Crippen LogP contribution in [0.2, 0.25) is 0 Å². The Morgan fingerprint density at radius 1 is 1.20 bits per heavy atom. The van der Waals surface area contributed by atoms with Gasteiger partial charge in [-0.2, -0.15) is 0 Å². The van der Waals surface area contributed by atoms with Crippen molar-refractivity contribution < 1.29 is 33.5 Å². The number of nitro groups is 1. The Morgan fingerprint density at radius 3 is 2.66 bits per heavy atom. The highest BCUT2D eigenvalue weighted by Gasteiger charge is 2.36. The first-order valence-corrected chi connectivity index (χ1v) is 11.5. The molecule has 10 nitrogen and oxygen atoms in total. The maximum atomic E-state index is 12.7. The van der Waals surface area contributed by atoms with Gasteiger partial charge in [0.25, 0.3) is 16.8 Å². The van der Waals surface area contributed by atoms with E-state index in [0.29, 0.717) is 29.0 Å². The van der Waals surface area contributed by atoms with E-state index in [0.717, 1.165) is 16.7 Å². The van der Waals surface area contributed by atoms with Crippen LogP contribution in [0.1, 0.15) is 31.4 Å². The molecule has 1 fully saturated rings. The number of rotatable bonds is 10. The van der Waals surface area contributed by atoms with Crippen molar-refractivity contribution in [3.8, 4) is 11.5 Å². The van der Waals surface area contributed by atoms with Gasteiger partial charge >= 0.3 is 5.97 Å². The fourth-order valence-electron chi connectivity index (χ4n) is 3.08. The van der Waals surface area contributed by atoms with Gasteiger partial charge in [-0.15, -0.1) is 0 Å². The molecule has 2 aromatic carbocycles. The third-order valence-corrected chi connectivity index (χ3v) is 5.98. The van der Waals surface area contributed by atoms with Gasteiger partial charge in [0.1, 0.15) is 13.2 Å². The number of carbonyl (C=O) groups excluding carboxylic acids is 3. The molecule has 1 aliphatic rings. The van der Waals surface area contributed by atoms with Gasteiger partial charge in [-0.1, -0.05) is 25.1 Å². The minimum atomic E-state index is -0.644. The summed E-state index contributed by atoms with van der Waals surface area (Å²) in [6, 6.07) is 11.1. The Balaban J connectivity index is 1.70. The van der Waals surface area contributed by atoms with Gasteiger partial charge in [-0.05, 0) is 54.4 Å². The summed E-state index contributed by atoms with van der Waals surface area (Å²) in [5, 5.41) is 10.4. The minimum Gasteiger partial charge on any atom is -0.493 e. The molecule has 2 aromatic rings. The standard InChI is InChI=1S/C24H24N2O8S/c1-4-15(2)34-22(27)13-25-23(28)21(35-24(25)29)12-16-8-9-19(20(11-16)32-3)33-14-17-6-5-7-18(10-17)26(30)31/h5-12,15H,4,13-14H2,1-3H3/b21-12+/t15-/m0/s1. The van der Waals surface area contributed by atoms with Gasteiger partial charge in [-0.3, -0.25) is 29.4 Å². The van der Waals surface area contributed by atoms with Gasteiger partial charge in [0, 0.05) is 12.1 Å².